The molecule has 0 spiro atoms. The molecule has 1 aromatic carbocycles. The summed E-state index contributed by atoms with van der Waals surface area (Å²) in [7, 11) is 0. The van der Waals surface area contributed by atoms with Crippen molar-refractivity contribution in [2.75, 3.05) is 24.2 Å². The van der Waals surface area contributed by atoms with Gasteiger partial charge in [-0.15, -0.1) is 11.8 Å². The molecule has 1 fully saturated rings. The number of aliphatic carboxylic acids is 1. The van der Waals surface area contributed by atoms with Crippen LogP contribution in [0.2, 0.25) is 0 Å². The first-order valence-electron chi connectivity index (χ1n) is 6.69. The Morgan fingerprint density at radius 1 is 1.60 bits per heavy atom. The van der Waals surface area contributed by atoms with Gasteiger partial charge in [0.15, 0.2) is 0 Å². The van der Waals surface area contributed by atoms with Gasteiger partial charge in [-0.05, 0) is 37.1 Å². The molecule has 0 bridgehead atoms. The van der Waals surface area contributed by atoms with Crippen molar-refractivity contribution >= 4 is 23.4 Å². The highest BCUT2D eigenvalue weighted by atomic mass is 32.2. The third-order valence-corrected chi connectivity index (χ3v) is 4.51. The summed E-state index contributed by atoms with van der Waals surface area (Å²) in [6, 6.07) is 8.23. The van der Waals surface area contributed by atoms with Crippen molar-refractivity contribution in [3.8, 4) is 6.07 Å². The lowest BCUT2D eigenvalue weighted by atomic mass is 10.0. The van der Waals surface area contributed by atoms with Crippen molar-refractivity contribution in [2.45, 2.75) is 24.2 Å². The van der Waals surface area contributed by atoms with Gasteiger partial charge >= 0.3 is 5.97 Å². The van der Waals surface area contributed by atoms with Gasteiger partial charge in [-0.1, -0.05) is 6.07 Å². The van der Waals surface area contributed by atoms with E-state index in [-0.39, 0.29) is 6.42 Å². The number of carboxylic acids is 1. The maximum Gasteiger partial charge on any atom is 0.303 e. The van der Waals surface area contributed by atoms with Crippen LogP contribution in [0.15, 0.2) is 23.1 Å². The Morgan fingerprint density at radius 3 is 3.05 bits per heavy atom. The van der Waals surface area contributed by atoms with E-state index < -0.39 is 5.97 Å². The first-order valence-corrected chi connectivity index (χ1v) is 7.92. The van der Waals surface area contributed by atoms with Crippen LogP contribution in [0, 0.1) is 17.2 Å². The van der Waals surface area contributed by atoms with Gasteiger partial charge in [0.2, 0.25) is 0 Å². The number of carbonyl (C=O) groups is 1. The zero-order chi connectivity index (χ0) is 14.5. The molecule has 0 radical (unpaired) electrons. The second-order valence-corrected chi connectivity index (χ2v) is 5.85. The summed E-state index contributed by atoms with van der Waals surface area (Å²) in [4.78, 5) is 13.8. The van der Waals surface area contributed by atoms with Crippen LogP contribution in [0.1, 0.15) is 24.8 Å². The molecule has 106 valence electrons. The molecule has 1 unspecified atom stereocenters. The van der Waals surface area contributed by atoms with Crippen LogP contribution in [-0.2, 0) is 4.79 Å². The van der Waals surface area contributed by atoms with E-state index in [1.165, 1.54) is 0 Å². The maximum absolute atomic E-state index is 10.6. The smallest absolute Gasteiger partial charge is 0.303 e. The van der Waals surface area contributed by atoms with Crippen molar-refractivity contribution in [1.29, 1.82) is 5.26 Å². The molecule has 5 heteroatoms. The lowest BCUT2D eigenvalue weighted by Crippen LogP contribution is -2.21. The molecule has 20 heavy (non-hydrogen) atoms. The average molecular weight is 290 g/mol. The summed E-state index contributed by atoms with van der Waals surface area (Å²) < 4.78 is 0. The van der Waals surface area contributed by atoms with Gasteiger partial charge in [-0.3, -0.25) is 4.79 Å². The molecular weight excluding hydrogens is 272 g/mol. The third kappa shape index (κ3) is 3.26. The average Bonchev–Trinajstić information content (AvgIpc) is 2.92. The molecule has 0 aromatic heterocycles. The number of anilines is 1. The Labute approximate surface area is 123 Å². The maximum atomic E-state index is 10.6. The van der Waals surface area contributed by atoms with Crippen LogP contribution in [0.4, 0.5) is 5.69 Å². The van der Waals surface area contributed by atoms with Crippen LogP contribution in [0.5, 0.6) is 0 Å². The zero-order valence-corrected chi connectivity index (χ0v) is 12.3. The lowest BCUT2D eigenvalue weighted by molar-refractivity contribution is -0.137. The van der Waals surface area contributed by atoms with Crippen molar-refractivity contribution in [3.63, 3.8) is 0 Å². The van der Waals surface area contributed by atoms with Gasteiger partial charge in [0.25, 0.3) is 0 Å². The lowest BCUT2D eigenvalue weighted by Gasteiger charge is -2.21. The molecular formula is C15H18N2O2S. The Balaban J connectivity index is 2.10. The Morgan fingerprint density at radius 2 is 2.40 bits per heavy atom. The quantitative estimate of drug-likeness (QED) is 0.845. The minimum atomic E-state index is -0.731. The summed E-state index contributed by atoms with van der Waals surface area (Å²) in [5, 5.41) is 18.1. The van der Waals surface area contributed by atoms with E-state index in [0.717, 1.165) is 42.1 Å². The number of carboxylic acid groups (broad SMARTS) is 1. The highest BCUT2D eigenvalue weighted by molar-refractivity contribution is 7.98. The van der Waals surface area contributed by atoms with E-state index in [9.17, 15) is 10.1 Å². The van der Waals surface area contributed by atoms with E-state index in [1.54, 1.807) is 11.8 Å². The predicted octanol–water partition coefficient (Wildman–Crippen LogP) is 2.97. The molecule has 2 rings (SSSR count). The number of nitrogens with zero attached hydrogens (tertiary/aromatic N) is 2. The molecule has 1 atom stereocenters. The number of hydrogen-bond acceptors (Lipinski definition) is 4. The Kier molecular flexibility index (Phi) is 4.91. The fourth-order valence-electron chi connectivity index (χ4n) is 2.68. The summed E-state index contributed by atoms with van der Waals surface area (Å²) in [6.45, 7) is 1.75. The zero-order valence-electron chi connectivity index (χ0n) is 11.5. The first-order chi connectivity index (χ1) is 9.65. The Bertz CT molecular complexity index is 539. The molecule has 0 aliphatic carbocycles. The van der Waals surface area contributed by atoms with E-state index in [4.69, 9.17) is 5.11 Å². The molecule has 0 amide bonds. The number of benzene rings is 1. The Hall–Kier alpha value is -1.67. The van der Waals surface area contributed by atoms with Crippen LogP contribution < -0.4 is 4.90 Å². The van der Waals surface area contributed by atoms with Gasteiger partial charge in [-0.25, -0.2) is 0 Å². The predicted molar refractivity (Wildman–Crippen MR) is 80.1 cm³/mol. The van der Waals surface area contributed by atoms with Gasteiger partial charge in [0.05, 0.1) is 11.3 Å². The summed E-state index contributed by atoms with van der Waals surface area (Å²) in [5.74, 6) is -0.318. The van der Waals surface area contributed by atoms with E-state index in [2.05, 4.69) is 11.0 Å². The number of rotatable bonds is 5. The summed E-state index contributed by atoms with van der Waals surface area (Å²) >= 11 is 1.58. The number of hydrogen-bond donors (Lipinski definition) is 1. The standard InChI is InChI=1S/C15H18N2O2S/c1-20-14-4-2-3-13(12(14)9-16)17-8-7-11(10-17)5-6-15(18)19/h2-4,11H,5-8,10H2,1H3,(H,18,19). The van der Waals surface area contributed by atoms with Crippen molar-refractivity contribution < 1.29 is 9.90 Å². The third-order valence-electron chi connectivity index (χ3n) is 3.73. The molecule has 1 saturated heterocycles. The number of nitriles is 1. The fourth-order valence-corrected chi connectivity index (χ4v) is 3.25. The minimum absolute atomic E-state index is 0.231. The largest absolute Gasteiger partial charge is 0.481 e. The summed E-state index contributed by atoms with van der Waals surface area (Å²) in [5.41, 5.74) is 1.72. The molecule has 1 aliphatic rings. The highest BCUT2D eigenvalue weighted by Crippen LogP contribution is 2.33. The topological polar surface area (TPSA) is 64.3 Å². The van der Waals surface area contributed by atoms with Gasteiger partial charge in [0, 0.05) is 24.4 Å². The van der Waals surface area contributed by atoms with E-state index in [0.29, 0.717) is 5.92 Å². The highest BCUT2D eigenvalue weighted by Gasteiger charge is 2.25. The molecule has 1 heterocycles. The van der Waals surface area contributed by atoms with Crippen LogP contribution >= 0.6 is 11.8 Å². The minimum Gasteiger partial charge on any atom is -0.481 e. The molecule has 1 aromatic rings. The van der Waals surface area contributed by atoms with Crippen LogP contribution in [0.3, 0.4) is 0 Å². The molecule has 1 N–H and O–H groups in total. The fraction of sp³-hybridized carbons (Fsp3) is 0.467. The van der Waals surface area contributed by atoms with Gasteiger partial charge in [-0.2, -0.15) is 5.26 Å². The van der Waals surface area contributed by atoms with E-state index >= 15 is 0 Å². The second kappa shape index (κ2) is 6.67. The van der Waals surface area contributed by atoms with Gasteiger partial charge < -0.3 is 10.0 Å². The van der Waals surface area contributed by atoms with E-state index in [1.807, 2.05) is 24.5 Å². The molecule has 4 nitrogen and oxygen atoms in total. The monoisotopic (exact) mass is 290 g/mol. The van der Waals surface area contributed by atoms with Crippen molar-refractivity contribution in [2.24, 2.45) is 5.92 Å². The normalized spacial score (nSPS) is 18.0. The number of thioether (sulfide) groups is 1. The SMILES string of the molecule is CSc1cccc(N2CCC(CCC(=O)O)C2)c1C#N. The summed E-state index contributed by atoms with van der Waals surface area (Å²) in [6.07, 6.45) is 3.92. The van der Waals surface area contributed by atoms with Crippen LogP contribution in [0.25, 0.3) is 0 Å². The van der Waals surface area contributed by atoms with Crippen LogP contribution in [-0.4, -0.2) is 30.4 Å². The first kappa shape index (κ1) is 14.7. The van der Waals surface area contributed by atoms with Crippen molar-refractivity contribution in [1.82, 2.24) is 0 Å². The second-order valence-electron chi connectivity index (χ2n) is 5.00. The van der Waals surface area contributed by atoms with Gasteiger partial charge in [0.1, 0.15) is 6.07 Å². The van der Waals surface area contributed by atoms with Crippen molar-refractivity contribution in [3.05, 3.63) is 23.8 Å². The molecule has 1 aliphatic heterocycles. The molecule has 0 saturated carbocycles.